The third-order valence-electron chi connectivity index (χ3n) is 3.78. The summed E-state index contributed by atoms with van der Waals surface area (Å²) in [5.74, 6) is -0.631. The number of anilines is 1. The Morgan fingerprint density at radius 1 is 1.14 bits per heavy atom. The van der Waals surface area contributed by atoms with Crippen molar-refractivity contribution in [1.82, 2.24) is 9.97 Å². The van der Waals surface area contributed by atoms with Crippen LogP contribution in [-0.2, 0) is 10.5 Å². The highest BCUT2D eigenvalue weighted by Crippen LogP contribution is 2.23. The average molecular weight is 476 g/mol. The third kappa shape index (κ3) is 5.61. The molecule has 29 heavy (non-hydrogen) atoms. The van der Waals surface area contributed by atoms with Gasteiger partial charge in [0.15, 0.2) is 5.16 Å². The maximum absolute atomic E-state index is 13.0. The number of nitrogens with one attached hydrogen (secondary N) is 1. The first-order chi connectivity index (χ1) is 14.0. The highest BCUT2D eigenvalue weighted by atomic mass is 79.9. The first-order valence-corrected chi connectivity index (χ1v) is 10.1. The lowest BCUT2D eigenvalue weighted by Crippen LogP contribution is -2.15. The van der Waals surface area contributed by atoms with E-state index >= 15 is 0 Å². The van der Waals surface area contributed by atoms with Gasteiger partial charge in [-0.3, -0.25) is 4.79 Å². The zero-order chi connectivity index (χ0) is 20.8. The summed E-state index contributed by atoms with van der Waals surface area (Å²) in [7, 11) is 1.30. The number of hydrogen-bond acceptors (Lipinski definition) is 6. The van der Waals surface area contributed by atoms with Crippen LogP contribution >= 0.6 is 27.7 Å². The number of amides is 1. The summed E-state index contributed by atoms with van der Waals surface area (Å²) < 4.78 is 18.1. The molecule has 0 aliphatic heterocycles. The van der Waals surface area contributed by atoms with Gasteiger partial charge in [-0.25, -0.2) is 19.2 Å². The Morgan fingerprint density at radius 2 is 1.83 bits per heavy atom. The lowest BCUT2D eigenvalue weighted by Gasteiger charge is -2.08. The molecule has 148 valence electrons. The Balaban J connectivity index is 1.69. The summed E-state index contributed by atoms with van der Waals surface area (Å²) >= 11 is 4.63. The van der Waals surface area contributed by atoms with Gasteiger partial charge in [0.05, 0.1) is 17.1 Å². The lowest BCUT2D eigenvalue weighted by atomic mass is 10.2. The molecule has 0 aliphatic carbocycles. The Bertz CT molecular complexity index is 1030. The summed E-state index contributed by atoms with van der Waals surface area (Å²) in [4.78, 5) is 32.6. The van der Waals surface area contributed by atoms with Crippen molar-refractivity contribution < 1.29 is 18.7 Å². The topological polar surface area (TPSA) is 81.2 Å². The number of rotatable bonds is 6. The number of methoxy groups -OCH3 is 1. The van der Waals surface area contributed by atoms with Gasteiger partial charge < -0.3 is 10.1 Å². The second-order valence-corrected chi connectivity index (χ2v) is 7.58. The SMILES string of the molecule is COC(=O)c1ccc(NC(=O)c2nc(SCc3ccc(F)cc3)ncc2Br)cc1. The van der Waals surface area contributed by atoms with Crippen LogP contribution in [0.25, 0.3) is 0 Å². The fraction of sp³-hybridized carbons (Fsp3) is 0.100. The monoisotopic (exact) mass is 475 g/mol. The van der Waals surface area contributed by atoms with E-state index in [4.69, 9.17) is 0 Å². The predicted octanol–water partition coefficient (Wildman–Crippen LogP) is 4.71. The average Bonchev–Trinajstić information content (AvgIpc) is 2.74. The number of nitrogens with zero attached hydrogens (tertiary/aromatic N) is 2. The number of carbonyl (C=O) groups is 2. The molecule has 0 bridgehead atoms. The number of esters is 1. The minimum absolute atomic E-state index is 0.179. The molecule has 0 unspecified atom stereocenters. The van der Waals surface area contributed by atoms with Gasteiger partial charge in [-0.05, 0) is 57.9 Å². The van der Waals surface area contributed by atoms with Crippen molar-refractivity contribution in [3.8, 4) is 0 Å². The molecule has 3 rings (SSSR count). The molecule has 9 heteroatoms. The number of aromatic nitrogens is 2. The van der Waals surface area contributed by atoms with Gasteiger partial charge >= 0.3 is 5.97 Å². The summed E-state index contributed by atoms with van der Waals surface area (Å²) in [6.45, 7) is 0. The molecule has 1 N–H and O–H groups in total. The normalized spacial score (nSPS) is 10.4. The zero-order valence-corrected chi connectivity index (χ0v) is 17.6. The van der Waals surface area contributed by atoms with Crippen LogP contribution in [0.4, 0.5) is 10.1 Å². The second-order valence-electron chi connectivity index (χ2n) is 5.79. The molecule has 0 fully saturated rings. The van der Waals surface area contributed by atoms with Crippen LogP contribution in [0.15, 0.2) is 64.4 Å². The fourth-order valence-electron chi connectivity index (χ4n) is 2.31. The van der Waals surface area contributed by atoms with E-state index in [1.54, 1.807) is 36.4 Å². The van der Waals surface area contributed by atoms with Crippen LogP contribution in [0.5, 0.6) is 0 Å². The molecule has 0 saturated carbocycles. The van der Waals surface area contributed by atoms with Crippen LogP contribution in [0.2, 0.25) is 0 Å². The molecule has 2 aromatic carbocycles. The molecular formula is C20H15BrFN3O3S. The second kappa shape index (κ2) is 9.62. The van der Waals surface area contributed by atoms with E-state index in [1.165, 1.54) is 37.2 Å². The number of hydrogen-bond donors (Lipinski definition) is 1. The maximum atomic E-state index is 13.0. The minimum Gasteiger partial charge on any atom is -0.465 e. The number of carbonyl (C=O) groups excluding carboxylic acids is 2. The lowest BCUT2D eigenvalue weighted by molar-refractivity contribution is 0.0600. The van der Waals surface area contributed by atoms with Gasteiger partial charge in [0.1, 0.15) is 11.5 Å². The molecule has 0 aliphatic rings. The zero-order valence-electron chi connectivity index (χ0n) is 15.2. The van der Waals surface area contributed by atoms with Crippen molar-refractivity contribution >= 4 is 45.3 Å². The van der Waals surface area contributed by atoms with Crippen LogP contribution in [0.1, 0.15) is 26.4 Å². The first kappa shape index (κ1) is 20.9. The molecule has 0 radical (unpaired) electrons. The van der Waals surface area contributed by atoms with Crippen LogP contribution in [-0.4, -0.2) is 29.0 Å². The van der Waals surface area contributed by atoms with Gasteiger partial charge in [-0.1, -0.05) is 23.9 Å². The molecule has 1 amide bonds. The van der Waals surface area contributed by atoms with E-state index in [9.17, 15) is 14.0 Å². The van der Waals surface area contributed by atoms with Crippen LogP contribution in [0, 0.1) is 5.82 Å². The Hall–Kier alpha value is -2.78. The van der Waals surface area contributed by atoms with Crippen molar-refractivity contribution in [1.29, 1.82) is 0 Å². The van der Waals surface area contributed by atoms with Gasteiger partial charge in [0.25, 0.3) is 5.91 Å². The number of benzene rings is 2. The Kier molecular flexibility index (Phi) is 6.95. The number of thioether (sulfide) groups is 1. The molecule has 1 heterocycles. The van der Waals surface area contributed by atoms with Crippen molar-refractivity contribution in [3.05, 3.63) is 81.8 Å². The Labute approximate surface area is 179 Å². The van der Waals surface area contributed by atoms with Gasteiger partial charge in [0.2, 0.25) is 0 Å². The standard InChI is InChI=1S/C20H15BrFN3O3S/c1-28-19(27)13-4-8-15(9-5-13)24-18(26)17-16(21)10-23-20(25-17)29-11-12-2-6-14(22)7-3-12/h2-10H,11H2,1H3,(H,24,26). The van der Waals surface area contributed by atoms with E-state index < -0.39 is 11.9 Å². The molecule has 0 spiro atoms. The number of halogens is 2. The third-order valence-corrected chi connectivity index (χ3v) is 5.30. The molecule has 6 nitrogen and oxygen atoms in total. The van der Waals surface area contributed by atoms with Crippen molar-refractivity contribution in [2.75, 3.05) is 12.4 Å². The largest absolute Gasteiger partial charge is 0.465 e. The fourth-order valence-corrected chi connectivity index (χ4v) is 3.45. The van der Waals surface area contributed by atoms with E-state index in [-0.39, 0.29) is 11.5 Å². The number of ether oxygens (including phenoxy) is 1. The van der Waals surface area contributed by atoms with Gasteiger partial charge in [-0.15, -0.1) is 0 Å². The summed E-state index contributed by atoms with van der Waals surface area (Å²) in [6, 6.07) is 12.5. The Morgan fingerprint density at radius 3 is 2.48 bits per heavy atom. The predicted molar refractivity (Wildman–Crippen MR) is 111 cm³/mol. The quantitative estimate of drug-likeness (QED) is 0.315. The van der Waals surface area contributed by atoms with Crippen LogP contribution in [0.3, 0.4) is 0 Å². The molecule has 0 atom stereocenters. The summed E-state index contributed by atoms with van der Waals surface area (Å²) in [5, 5.41) is 3.15. The van der Waals surface area contributed by atoms with Crippen molar-refractivity contribution in [3.63, 3.8) is 0 Å². The maximum Gasteiger partial charge on any atom is 0.337 e. The first-order valence-electron chi connectivity index (χ1n) is 8.36. The molecular weight excluding hydrogens is 461 g/mol. The van der Waals surface area contributed by atoms with E-state index in [0.717, 1.165) is 5.56 Å². The van der Waals surface area contributed by atoms with Crippen LogP contribution < -0.4 is 5.32 Å². The molecule has 3 aromatic rings. The summed E-state index contributed by atoms with van der Waals surface area (Å²) in [5.41, 5.74) is 1.99. The van der Waals surface area contributed by atoms with E-state index in [0.29, 0.717) is 26.6 Å². The van der Waals surface area contributed by atoms with Gasteiger partial charge in [0, 0.05) is 17.6 Å². The van der Waals surface area contributed by atoms with E-state index in [2.05, 4.69) is 36.0 Å². The van der Waals surface area contributed by atoms with E-state index in [1.807, 2.05) is 0 Å². The van der Waals surface area contributed by atoms with Crippen molar-refractivity contribution in [2.45, 2.75) is 10.9 Å². The highest BCUT2D eigenvalue weighted by molar-refractivity contribution is 9.10. The van der Waals surface area contributed by atoms with Gasteiger partial charge in [-0.2, -0.15) is 0 Å². The molecule has 0 saturated heterocycles. The van der Waals surface area contributed by atoms with Crippen molar-refractivity contribution in [2.24, 2.45) is 0 Å². The molecule has 1 aromatic heterocycles. The minimum atomic E-state index is -0.454. The smallest absolute Gasteiger partial charge is 0.337 e. The highest BCUT2D eigenvalue weighted by Gasteiger charge is 2.15. The summed E-state index contributed by atoms with van der Waals surface area (Å²) in [6.07, 6.45) is 1.51.